The van der Waals surface area contributed by atoms with Crippen molar-refractivity contribution in [3.63, 3.8) is 0 Å². The first-order valence-electron chi connectivity index (χ1n) is 4.16. The number of carbonyl (C=O) groups excluding carboxylic acids is 1. The number of hydrogen-bond donors (Lipinski definition) is 1. The van der Waals surface area contributed by atoms with E-state index in [0.717, 1.165) is 0 Å². The fourth-order valence-corrected chi connectivity index (χ4v) is 0.777. The summed E-state index contributed by atoms with van der Waals surface area (Å²) in [4.78, 5) is 10.6. The Bertz CT molecular complexity index is 196. The quantitative estimate of drug-likeness (QED) is 0.511. The Morgan fingerprint density at radius 1 is 1.42 bits per heavy atom. The molecule has 70 valence electrons. The molecule has 0 saturated carbocycles. The third kappa shape index (κ3) is 3.56. The minimum atomic E-state index is -0.108. The lowest BCUT2D eigenvalue weighted by atomic mass is 9.80. The zero-order chi connectivity index (χ0) is 9.94. The van der Waals surface area contributed by atoms with Crippen molar-refractivity contribution in [1.29, 1.82) is 0 Å². The molecule has 0 aromatic heterocycles. The van der Waals surface area contributed by atoms with Gasteiger partial charge in [-0.3, -0.25) is 4.79 Å². The first-order chi connectivity index (χ1) is 5.25. The highest BCUT2D eigenvalue weighted by Crippen LogP contribution is 2.29. The van der Waals surface area contributed by atoms with Gasteiger partial charge < -0.3 is 5.11 Å². The molecule has 0 fully saturated rings. The lowest BCUT2D eigenvalue weighted by molar-refractivity contribution is -0.112. The van der Waals surface area contributed by atoms with Crippen LogP contribution in [0.1, 0.15) is 34.6 Å². The second-order valence-electron chi connectivity index (χ2n) is 4.27. The third-order valence-electron chi connectivity index (χ3n) is 2.09. The van der Waals surface area contributed by atoms with Gasteiger partial charge in [0.05, 0.1) is 5.76 Å². The van der Waals surface area contributed by atoms with E-state index in [0.29, 0.717) is 0 Å². The standard InChI is InChI=1S/C10H18O2/c1-7(11)6-9(12)8(2)10(3,4)5/h6,8,12H,1-5H3. The average Bonchev–Trinajstić information content (AvgIpc) is 1.82. The van der Waals surface area contributed by atoms with E-state index >= 15 is 0 Å². The van der Waals surface area contributed by atoms with Crippen LogP contribution in [0.15, 0.2) is 11.8 Å². The number of allylic oxidation sites excluding steroid dienone is 2. The van der Waals surface area contributed by atoms with Crippen molar-refractivity contribution in [1.82, 2.24) is 0 Å². The van der Waals surface area contributed by atoms with Crippen molar-refractivity contribution in [2.75, 3.05) is 0 Å². The Balaban J connectivity index is 4.50. The zero-order valence-electron chi connectivity index (χ0n) is 8.51. The molecule has 0 aliphatic heterocycles. The van der Waals surface area contributed by atoms with Gasteiger partial charge >= 0.3 is 0 Å². The van der Waals surface area contributed by atoms with E-state index in [1.54, 1.807) is 0 Å². The van der Waals surface area contributed by atoms with Crippen molar-refractivity contribution in [2.45, 2.75) is 34.6 Å². The lowest BCUT2D eigenvalue weighted by Gasteiger charge is -2.26. The van der Waals surface area contributed by atoms with Gasteiger partial charge in [0, 0.05) is 12.0 Å². The van der Waals surface area contributed by atoms with Gasteiger partial charge in [-0.05, 0) is 12.3 Å². The van der Waals surface area contributed by atoms with E-state index in [9.17, 15) is 9.90 Å². The van der Waals surface area contributed by atoms with Crippen LogP contribution in [0.3, 0.4) is 0 Å². The van der Waals surface area contributed by atoms with E-state index in [4.69, 9.17) is 0 Å². The van der Waals surface area contributed by atoms with Crippen molar-refractivity contribution in [3.05, 3.63) is 11.8 Å². The van der Waals surface area contributed by atoms with E-state index < -0.39 is 0 Å². The van der Waals surface area contributed by atoms with Gasteiger partial charge in [0.2, 0.25) is 0 Å². The molecule has 0 aromatic rings. The maximum absolute atomic E-state index is 10.6. The van der Waals surface area contributed by atoms with Crippen LogP contribution in [0, 0.1) is 11.3 Å². The Hall–Kier alpha value is -0.790. The van der Waals surface area contributed by atoms with Gasteiger partial charge in [-0.25, -0.2) is 0 Å². The normalized spacial score (nSPS) is 15.9. The molecule has 0 aliphatic carbocycles. The number of aliphatic hydroxyl groups excluding tert-OH is 1. The van der Waals surface area contributed by atoms with Crippen molar-refractivity contribution in [2.24, 2.45) is 11.3 Å². The minimum Gasteiger partial charge on any atom is -0.512 e. The summed E-state index contributed by atoms with van der Waals surface area (Å²) >= 11 is 0. The number of rotatable bonds is 2. The molecule has 2 heteroatoms. The topological polar surface area (TPSA) is 37.3 Å². The molecular weight excluding hydrogens is 152 g/mol. The summed E-state index contributed by atoms with van der Waals surface area (Å²) in [6.45, 7) is 9.44. The molecule has 12 heavy (non-hydrogen) atoms. The maximum atomic E-state index is 10.6. The molecular formula is C10H18O2. The van der Waals surface area contributed by atoms with Gasteiger partial charge in [-0.2, -0.15) is 0 Å². The maximum Gasteiger partial charge on any atom is 0.155 e. The molecule has 1 unspecified atom stereocenters. The van der Waals surface area contributed by atoms with E-state index in [1.807, 2.05) is 27.7 Å². The van der Waals surface area contributed by atoms with Crippen LogP contribution in [-0.4, -0.2) is 10.9 Å². The van der Waals surface area contributed by atoms with E-state index in [1.165, 1.54) is 13.0 Å². The molecule has 0 saturated heterocycles. The summed E-state index contributed by atoms with van der Waals surface area (Å²) < 4.78 is 0. The average molecular weight is 170 g/mol. The molecule has 0 bridgehead atoms. The third-order valence-corrected chi connectivity index (χ3v) is 2.09. The lowest BCUT2D eigenvalue weighted by Crippen LogP contribution is -2.19. The van der Waals surface area contributed by atoms with E-state index in [-0.39, 0.29) is 22.9 Å². The molecule has 0 heterocycles. The van der Waals surface area contributed by atoms with Crippen LogP contribution in [0.2, 0.25) is 0 Å². The second kappa shape index (κ2) is 3.74. The zero-order valence-corrected chi connectivity index (χ0v) is 8.51. The summed E-state index contributed by atoms with van der Waals surface area (Å²) in [5.41, 5.74) is -0.00394. The number of hydrogen-bond acceptors (Lipinski definition) is 2. The molecule has 0 spiro atoms. The summed E-state index contributed by atoms with van der Waals surface area (Å²) in [6, 6.07) is 0. The van der Waals surface area contributed by atoms with E-state index in [2.05, 4.69) is 0 Å². The van der Waals surface area contributed by atoms with Gasteiger partial charge in [0.25, 0.3) is 0 Å². The molecule has 0 rings (SSSR count). The SMILES string of the molecule is CC(=O)C=C(O)C(C)C(C)(C)C. The summed E-state index contributed by atoms with van der Waals surface area (Å²) in [5, 5.41) is 9.46. The summed E-state index contributed by atoms with van der Waals surface area (Å²) in [7, 11) is 0. The van der Waals surface area contributed by atoms with Crippen LogP contribution < -0.4 is 0 Å². The monoisotopic (exact) mass is 170 g/mol. The summed E-state index contributed by atoms with van der Waals surface area (Å²) in [6.07, 6.45) is 1.29. The van der Waals surface area contributed by atoms with Crippen LogP contribution in [0.25, 0.3) is 0 Å². The minimum absolute atomic E-state index is 0.00394. The Labute approximate surface area is 74.3 Å². The second-order valence-corrected chi connectivity index (χ2v) is 4.27. The smallest absolute Gasteiger partial charge is 0.155 e. The van der Waals surface area contributed by atoms with Crippen LogP contribution in [-0.2, 0) is 4.79 Å². The van der Waals surface area contributed by atoms with Gasteiger partial charge in [0.15, 0.2) is 5.78 Å². The van der Waals surface area contributed by atoms with Gasteiger partial charge in [0.1, 0.15) is 0 Å². The number of carbonyl (C=O) groups is 1. The van der Waals surface area contributed by atoms with Gasteiger partial charge in [-0.15, -0.1) is 0 Å². The Morgan fingerprint density at radius 3 is 2.08 bits per heavy atom. The highest BCUT2D eigenvalue weighted by Gasteiger charge is 2.23. The first-order valence-corrected chi connectivity index (χ1v) is 4.16. The first kappa shape index (κ1) is 11.2. The van der Waals surface area contributed by atoms with Crippen LogP contribution in [0.5, 0.6) is 0 Å². The predicted molar refractivity (Wildman–Crippen MR) is 50.0 cm³/mol. The fourth-order valence-electron chi connectivity index (χ4n) is 0.777. The molecule has 0 aromatic carbocycles. The Morgan fingerprint density at radius 2 is 1.83 bits per heavy atom. The van der Waals surface area contributed by atoms with Crippen molar-refractivity contribution in [3.8, 4) is 0 Å². The number of aliphatic hydroxyl groups is 1. The fraction of sp³-hybridized carbons (Fsp3) is 0.700. The van der Waals surface area contributed by atoms with Crippen molar-refractivity contribution >= 4 is 5.78 Å². The highest BCUT2D eigenvalue weighted by molar-refractivity contribution is 5.87. The number of ketones is 1. The molecule has 0 amide bonds. The Kier molecular flexibility index (Phi) is 3.50. The highest BCUT2D eigenvalue weighted by atomic mass is 16.3. The molecule has 0 radical (unpaired) electrons. The molecule has 1 atom stereocenters. The van der Waals surface area contributed by atoms with Crippen LogP contribution in [0.4, 0.5) is 0 Å². The molecule has 2 nitrogen and oxygen atoms in total. The molecule has 0 aliphatic rings. The van der Waals surface area contributed by atoms with Gasteiger partial charge in [-0.1, -0.05) is 27.7 Å². The van der Waals surface area contributed by atoms with Crippen molar-refractivity contribution < 1.29 is 9.90 Å². The predicted octanol–water partition coefficient (Wildman–Crippen LogP) is 2.70. The molecule has 1 N–H and O–H groups in total. The summed E-state index contributed by atoms with van der Waals surface area (Å²) in [5.74, 6) is 0.0833. The largest absolute Gasteiger partial charge is 0.512 e. The van der Waals surface area contributed by atoms with Crippen LogP contribution >= 0.6 is 0 Å².